The molecule has 7 heteroatoms. The van der Waals surface area contributed by atoms with Crippen LogP contribution in [0.5, 0.6) is 0 Å². The van der Waals surface area contributed by atoms with Crippen LogP contribution in [0.3, 0.4) is 0 Å². The van der Waals surface area contributed by atoms with Crippen molar-refractivity contribution in [3.05, 3.63) is 23.8 Å². The van der Waals surface area contributed by atoms with E-state index in [1.54, 1.807) is 4.90 Å². The van der Waals surface area contributed by atoms with E-state index in [-0.39, 0.29) is 5.91 Å². The van der Waals surface area contributed by atoms with Gasteiger partial charge in [-0.1, -0.05) is 0 Å². The van der Waals surface area contributed by atoms with E-state index in [9.17, 15) is 9.18 Å². The van der Waals surface area contributed by atoms with Crippen molar-refractivity contribution >= 4 is 5.91 Å². The monoisotopic (exact) mass is 331 g/mol. The predicted molar refractivity (Wildman–Crippen MR) is 87.1 cm³/mol. The zero-order chi connectivity index (χ0) is 16.9. The normalized spacial score (nSPS) is 19.5. The number of halogens is 1. The molecule has 0 bridgehead atoms. The van der Waals surface area contributed by atoms with E-state index < -0.39 is 5.67 Å². The summed E-state index contributed by atoms with van der Waals surface area (Å²) in [6, 6.07) is 0. The number of amides is 1. The molecule has 1 saturated carbocycles. The van der Waals surface area contributed by atoms with Gasteiger partial charge in [0.25, 0.3) is 5.91 Å². The molecular formula is C17H22FN5O. The van der Waals surface area contributed by atoms with Crippen molar-refractivity contribution in [1.29, 1.82) is 0 Å². The lowest BCUT2D eigenvalue weighted by atomic mass is 9.81. The molecule has 6 nitrogen and oxygen atoms in total. The zero-order valence-electron chi connectivity index (χ0n) is 14.1. The molecule has 128 valence electrons. The number of nitrogens with zero attached hydrogens (tertiary/aromatic N) is 5. The minimum atomic E-state index is -1.62. The summed E-state index contributed by atoms with van der Waals surface area (Å²) in [6.07, 6.45) is 5.91. The maximum absolute atomic E-state index is 14.5. The third-order valence-electron chi connectivity index (χ3n) is 5.32. The van der Waals surface area contributed by atoms with Gasteiger partial charge in [-0.25, -0.2) is 9.37 Å². The Morgan fingerprint density at radius 3 is 2.67 bits per heavy atom. The SMILES string of the molecule is Cc1cnn(C)c1-c1cnc2n1CCN(C(=O)C1(F)CCC1)CC2. The molecule has 2 aliphatic rings. The average molecular weight is 331 g/mol. The number of hydrogen-bond donors (Lipinski definition) is 0. The fraction of sp³-hybridized carbons (Fsp3) is 0.588. The van der Waals surface area contributed by atoms with Gasteiger partial charge in [-0.15, -0.1) is 0 Å². The first-order chi connectivity index (χ1) is 11.5. The van der Waals surface area contributed by atoms with Crippen molar-refractivity contribution in [1.82, 2.24) is 24.2 Å². The molecule has 0 radical (unpaired) electrons. The van der Waals surface area contributed by atoms with Crippen LogP contribution in [0.2, 0.25) is 0 Å². The molecule has 0 spiro atoms. The van der Waals surface area contributed by atoms with E-state index in [2.05, 4.69) is 14.6 Å². The van der Waals surface area contributed by atoms with E-state index in [4.69, 9.17) is 0 Å². The van der Waals surface area contributed by atoms with Gasteiger partial charge in [-0.3, -0.25) is 9.48 Å². The van der Waals surface area contributed by atoms with Gasteiger partial charge in [-0.2, -0.15) is 5.10 Å². The molecule has 0 unspecified atom stereocenters. The number of alkyl halides is 1. The second kappa shape index (κ2) is 5.43. The molecule has 1 amide bonds. The van der Waals surface area contributed by atoms with Crippen LogP contribution in [0, 0.1) is 6.92 Å². The summed E-state index contributed by atoms with van der Waals surface area (Å²) >= 11 is 0. The van der Waals surface area contributed by atoms with Gasteiger partial charge in [0, 0.05) is 33.1 Å². The van der Waals surface area contributed by atoms with Gasteiger partial charge in [0.05, 0.1) is 23.8 Å². The van der Waals surface area contributed by atoms with Crippen LogP contribution in [0.15, 0.2) is 12.4 Å². The summed E-state index contributed by atoms with van der Waals surface area (Å²) < 4.78 is 18.4. The van der Waals surface area contributed by atoms with Crippen LogP contribution >= 0.6 is 0 Å². The summed E-state index contributed by atoms with van der Waals surface area (Å²) in [6.45, 7) is 3.72. The van der Waals surface area contributed by atoms with E-state index >= 15 is 0 Å². The summed E-state index contributed by atoms with van der Waals surface area (Å²) in [7, 11) is 1.91. The highest BCUT2D eigenvalue weighted by molar-refractivity contribution is 5.86. The Hall–Kier alpha value is -2.18. The maximum atomic E-state index is 14.5. The number of carbonyl (C=O) groups excluding carboxylic acids is 1. The smallest absolute Gasteiger partial charge is 0.260 e. The second-order valence-corrected chi connectivity index (χ2v) is 6.87. The largest absolute Gasteiger partial charge is 0.338 e. The number of aryl methyl sites for hydroxylation is 2. The van der Waals surface area contributed by atoms with Gasteiger partial charge in [0.15, 0.2) is 5.67 Å². The van der Waals surface area contributed by atoms with Crippen LogP contribution in [0.4, 0.5) is 4.39 Å². The number of carbonyl (C=O) groups is 1. The first kappa shape index (κ1) is 15.4. The van der Waals surface area contributed by atoms with E-state index in [1.807, 2.05) is 31.0 Å². The van der Waals surface area contributed by atoms with Crippen molar-refractivity contribution in [2.45, 2.75) is 44.8 Å². The lowest BCUT2D eigenvalue weighted by molar-refractivity contribution is -0.149. The summed E-state index contributed by atoms with van der Waals surface area (Å²) in [5.74, 6) is 0.611. The second-order valence-electron chi connectivity index (χ2n) is 6.87. The molecule has 4 rings (SSSR count). The Kier molecular flexibility index (Phi) is 3.47. The molecule has 0 saturated heterocycles. The van der Waals surface area contributed by atoms with E-state index in [1.165, 1.54) is 0 Å². The third kappa shape index (κ3) is 2.25. The summed E-state index contributed by atoms with van der Waals surface area (Å²) in [5, 5.41) is 4.30. The van der Waals surface area contributed by atoms with Gasteiger partial charge in [0.2, 0.25) is 0 Å². The molecule has 2 aromatic rings. The Morgan fingerprint density at radius 2 is 2.04 bits per heavy atom. The van der Waals surface area contributed by atoms with Crippen LogP contribution in [0.1, 0.15) is 30.7 Å². The molecule has 0 atom stereocenters. The summed E-state index contributed by atoms with van der Waals surface area (Å²) in [5.41, 5.74) is 1.52. The van der Waals surface area contributed by atoms with Crippen molar-refractivity contribution < 1.29 is 9.18 Å². The van der Waals surface area contributed by atoms with Crippen molar-refractivity contribution in [3.8, 4) is 11.4 Å². The molecule has 0 aromatic carbocycles. The zero-order valence-corrected chi connectivity index (χ0v) is 14.1. The van der Waals surface area contributed by atoms with Gasteiger partial charge in [-0.05, 0) is 31.7 Å². The van der Waals surface area contributed by atoms with Crippen LogP contribution in [-0.4, -0.2) is 48.9 Å². The first-order valence-electron chi connectivity index (χ1n) is 8.51. The van der Waals surface area contributed by atoms with Crippen molar-refractivity contribution in [2.75, 3.05) is 13.1 Å². The molecule has 1 aliphatic heterocycles. The van der Waals surface area contributed by atoms with Gasteiger partial charge < -0.3 is 9.47 Å². The van der Waals surface area contributed by atoms with E-state index in [0.29, 0.717) is 38.9 Å². The fourth-order valence-electron chi connectivity index (χ4n) is 3.72. The number of hydrogen-bond acceptors (Lipinski definition) is 3. The number of rotatable bonds is 2. The lowest BCUT2D eigenvalue weighted by Crippen LogP contribution is -2.51. The maximum Gasteiger partial charge on any atom is 0.260 e. The number of fused-ring (bicyclic) bond motifs is 1. The fourth-order valence-corrected chi connectivity index (χ4v) is 3.72. The molecule has 2 aromatic heterocycles. The molecule has 1 aliphatic carbocycles. The number of imidazole rings is 1. The van der Waals surface area contributed by atoms with E-state index in [0.717, 1.165) is 29.2 Å². The highest BCUT2D eigenvalue weighted by atomic mass is 19.1. The Labute approximate surface area is 140 Å². The quantitative estimate of drug-likeness (QED) is 0.844. The summed E-state index contributed by atoms with van der Waals surface area (Å²) in [4.78, 5) is 18.7. The molecule has 0 N–H and O–H groups in total. The van der Waals surface area contributed by atoms with Crippen molar-refractivity contribution in [3.63, 3.8) is 0 Å². The van der Waals surface area contributed by atoms with Crippen molar-refractivity contribution in [2.24, 2.45) is 7.05 Å². The highest BCUT2D eigenvalue weighted by Gasteiger charge is 2.47. The highest BCUT2D eigenvalue weighted by Crippen LogP contribution is 2.37. The first-order valence-corrected chi connectivity index (χ1v) is 8.51. The average Bonchev–Trinajstić information content (AvgIpc) is 2.99. The standard InChI is InChI=1S/C17H22FN5O/c1-12-10-20-21(2)15(12)13-11-19-14-4-7-22(8-9-23(13)14)16(24)17(18)5-3-6-17/h10-11H,3-9H2,1-2H3. The minimum Gasteiger partial charge on any atom is -0.338 e. The molecule has 24 heavy (non-hydrogen) atoms. The van der Waals surface area contributed by atoms with Crippen LogP contribution in [0.25, 0.3) is 11.4 Å². The third-order valence-corrected chi connectivity index (χ3v) is 5.32. The number of aromatic nitrogens is 4. The van der Waals surface area contributed by atoms with Gasteiger partial charge >= 0.3 is 0 Å². The van der Waals surface area contributed by atoms with Crippen LogP contribution < -0.4 is 0 Å². The van der Waals surface area contributed by atoms with Gasteiger partial charge in [0.1, 0.15) is 5.82 Å². The topological polar surface area (TPSA) is 56.0 Å². The lowest BCUT2D eigenvalue weighted by Gasteiger charge is -2.36. The van der Waals surface area contributed by atoms with Crippen LogP contribution in [-0.2, 0) is 24.8 Å². The Balaban J connectivity index is 1.59. The molecule has 3 heterocycles. The minimum absolute atomic E-state index is 0.335. The Morgan fingerprint density at radius 1 is 1.25 bits per heavy atom. The predicted octanol–water partition coefficient (Wildman–Crippen LogP) is 1.87. The Bertz CT molecular complexity index is 770. The molecule has 1 fully saturated rings. The molecular weight excluding hydrogens is 309 g/mol.